The van der Waals surface area contributed by atoms with Crippen molar-refractivity contribution in [2.45, 2.75) is 13.3 Å². The molecule has 4 nitrogen and oxygen atoms in total. The van der Waals surface area contributed by atoms with Crippen LogP contribution in [-0.4, -0.2) is 30.9 Å². The highest BCUT2D eigenvalue weighted by atomic mass is 16.5. The maximum Gasteiger partial charge on any atom is 0.338 e. The predicted octanol–water partition coefficient (Wildman–Crippen LogP) is 4.96. The summed E-state index contributed by atoms with van der Waals surface area (Å²) in [5, 5.41) is 8.72. The highest BCUT2D eigenvalue weighted by molar-refractivity contribution is 5.90. The maximum atomic E-state index is 11.8. The van der Waals surface area contributed by atoms with Crippen LogP contribution in [-0.2, 0) is 4.74 Å². The minimum absolute atomic E-state index is 0.00769. The Morgan fingerprint density at radius 1 is 0.750 bits per heavy atom. The van der Waals surface area contributed by atoms with Crippen molar-refractivity contribution in [2.75, 3.05) is 19.8 Å². The number of esters is 1. The molecule has 28 heavy (non-hydrogen) atoms. The van der Waals surface area contributed by atoms with Gasteiger partial charge in [-0.2, -0.15) is 0 Å². The zero-order valence-corrected chi connectivity index (χ0v) is 15.9. The van der Waals surface area contributed by atoms with Crippen molar-refractivity contribution < 1.29 is 19.4 Å². The summed E-state index contributed by atoms with van der Waals surface area (Å²) in [5.74, 6) is 0.460. The number of hydrogen-bond acceptors (Lipinski definition) is 4. The molecule has 0 aromatic heterocycles. The molecular formula is C24H24O4. The van der Waals surface area contributed by atoms with Crippen molar-refractivity contribution >= 4 is 5.97 Å². The van der Waals surface area contributed by atoms with Gasteiger partial charge in [-0.15, -0.1) is 0 Å². The first-order chi connectivity index (χ1) is 13.7. The number of hydrogen-bond donors (Lipinski definition) is 1. The Labute approximate surface area is 165 Å². The molecule has 0 aliphatic rings. The third kappa shape index (κ3) is 4.99. The summed E-state index contributed by atoms with van der Waals surface area (Å²) in [6.07, 6.45) is 0.994. The molecule has 0 aliphatic carbocycles. The molecule has 3 aromatic rings. The minimum Gasteiger partial charge on any atom is -0.494 e. The molecule has 3 aromatic carbocycles. The van der Waals surface area contributed by atoms with Crippen LogP contribution in [0.5, 0.6) is 5.75 Å². The fourth-order valence-corrected chi connectivity index (χ4v) is 2.84. The Hall–Kier alpha value is -3.11. The second-order valence-electron chi connectivity index (χ2n) is 6.39. The third-order valence-electron chi connectivity index (χ3n) is 4.32. The van der Waals surface area contributed by atoms with E-state index in [4.69, 9.17) is 14.6 Å². The van der Waals surface area contributed by atoms with Gasteiger partial charge in [-0.1, -0.05) is 55.5 Å². The van der Waals surface area contributed by atoms with E-state index >= 15 is 0 Å². The van der Waals surface area contributed by atoms with Gasteiger partial charge < -0.3 is 14.6 Å². The molecule has 0 saturated carbocycles. The number of rotatable bonds is 8. The maximum absolute atomic E-state index is 11.8. The minimum atomic E-state index is -0.428. The molecule has 0 amide bonds. The van der Waals surface area contributed by atoms with E-state index in [9.17, 15) is 4.79 Å². The van der Waals surface area contributed by atoms with Crippen LogP contribution in [0.25, 0.3) is 22.3 Å². The van der Waals surface area contributed by atoms with Crippen molar-refractivity contribution in [3.8, 4) is 28.0 Å². The number of ether oxygens (including phenoxy) is 2. The van der Waals surface area contributed by atoms with E-state index in [0.29, 0.717) is 5.56 Å². The summed E-state index contributed by atoms with van der Waals surface area (Å²) in [6, 6.07) is 23.7. The molecule has 0 spiro atoms. The monoisotopic (exact) mass is 376 g/mol. The van der Waals surface area contributed by atoms with Crippen LogP contribution in [0.3, 0.4) is 0 Å². The standard InChI is InChI=1S/C24H24O4/c1-2-16-27-23-13-11-21(12-14-23)19-5-3-18(4-6-19)20-7-9-22(10-8-20)24(26)28-17-15-25/h3-14,25H,2,15-17H2,1H3. The summed E-state index contributed by atoms with van der Waals surface area (Å²) >= 11 is 0. The molecule has 4 heteroatoms. The molecule has 0 saturated heterocycles. The second-order valence-corrected chi connectivity index (χ2v) is 6.39. The number of aliphatic hydroxyl groups is 1. The van der Waals surface area contributed by atoms with E-state index in [2.05, 4.69) is 43.3 Å². The van der Waals surface area contributed by atoms with E-state index < -0.39 is 5.97 Å². The quantitative estimate of drug-likeness (QED) is 0.565. The zero-order valence-electron chi connectivity index (χ0n) is 15.9. The molecule has 0 radical (unpaired) electrons. The van der Waals surface area contributed by atoms with Gasteiger partial charge in [0.2, 0.25) is 0 Å². The van der Waals surface area contributed by atoms with Crippen LogP contribution in [0.2, 0.25) is 0 Å². The first-order valence-corrected chi connectivity index (χ1v) is 9.43. The Morgan fingerprint density at radius 3 is 1.68 bits per heavy atom. The average molecular weight is 376 g/mol. The summed E-state index contributed by atoms with van der Waals surface area (Å²) < 4.78 is 10.5. The SMILES string of the molecule is CCCOc1ccc(-c2ccc(-c3ccc(C(=O)OCCO)cc3)cc2)cc1. The zero-order chi connectivity index (χ0) is 19.8. The lowest BCUT2D eigenvalue weighted by Gasteiger charge is -2.08. The van der Waals surface area contributed by atoms with Gasteiger partial charge in [0, 0.05) is 0 Å². The van der Waals surface area contributed by atoms with E-state index in [1.54, 1.807) is 12.1 Å². The van der Waals surface area contributed by atoms with Crippen LogP contribution in [0.1, 0.15) is 23.7 Å². The number of benzene rings is 3. The van der Waals surface area contributed by atoms with Gasteiger partial charge in [-0.25, -0.2) is 4.79 Å². The summed E-state index contributed by atoms with van der Waals surface area (Å²) in [5.41, 5.74) is 4.84. The third-order valence-corrected chi connectivity index (χ3v) is 4.32. The van der Waals surface area contributed by atoms with Crippen LogP contribution in [0.15, 0.2) is 72.8 Å². The van der Waals surface area contributed by atoms with Crippen molar-refractivity contribution in [1.82, 2.24) is 0 Å². The molecule has 0 aliphatic heterocycles. The Balaban J connectivity index is 1.69. The average Bonchev–Trinajstić information content (AvgIpc) is 2.76. The van der Waals surface area contributed by atoms with Gasteiger partial charge in [0.15, 0.2) is 0 Å². The number of carbonyl (C=O) groups is 1. The predicted molar refractivity (Wildman–Crippen MR) is 110 cm³/mol. The molecule has 3 rings (SSSR count). The van der Waals surface area contributed by atoms with Crippen molar-refractivity contribution in [1.29, 1.82) is 0 Å². The van der Waals surface area contributed by atoms with Crippen LogP contribution in [0, 0.1) is 0 Å². The lowest BCUT2D eigenvalue weighted by molar-refractivity contribution is 0.0434. The van der Waals surface area contributed by atoms with E-state index in [1.807, 2.05) is 24.3 Å². The Bertz CT molecular complexity index is 881. The van der Waals surface area contributed by atoms with Gasteiger partial charge in [0.05, 0.1) is 18.8 Å². The summed E-state index contributed by atoms with van der Waals surface area (Å²) in [7, 11) is 0. The number of aliphatic hydroxyl groups excluding tert-OH is 1. The lowest BCUT2D eigenvalue weighted by atomic mass is 9.99. The highest BCUT2D eigenvalue weighted by Gasteiger charge is 2.07. The largest absolute Gasteiger partial charge is 0.494 e. The van der Waals surface area contributed by atoms with Crippen LogP contribution in [0.4, 0.5) is 0 Å². The molecule has 0 bridgehead atoms. The molecule has 144 valence electrons. The van der Waals surface area contributed by atoms with Crippen molar-refractivity contribution in [2.24, 2.45) is 0 Å². The first-order valence-electron chi connectivity index (χ1n) is 9.43. The van der Waals surface area contributed by atoms with E-state index in [1.165, 1.54) is 0 Å². The van der Waals surface area contributed by atoms with Gasteiger partial charge in [-0.05, 0) is 52.9 Å². The molecule has 1 N–H and O–H groups in total. The van der Waals surface area contributed by atoms with Gasteiger partial charge in [0.25, 0.3) is 0 Å². The van der Waals surface area contributed by atoms with E-state index in [0.717, 1.165) is 41.0 Å². The smallest absolute Gasteiger partial charge is 0.338 e. The topological polar surface area (TPSA) is 55.8 Å². The molecule has 0 atom stereocenters. The van der Waals surface area contributed by atoms with Crippen molar-refractivity contribution in [3.63, 3.8) is 0 Å². The van der Waals surface area contributed by atoms with Crippen molar-refractivity contribution in [3.05, 3.63) is 78.4 Å². The fraction of sp³-hybridized carbons (Fsp3) is 0.208. The lowest BCUT2D eigenvalue weighted by Crippen LogP contribution is -2.08. The van der Waals surface area contributed by atoms with Gasteiger partial charge >= 0.3 is 5.97 Å². The summed E-state index contributed by atoms with van der Waals surface area (Å²) in [6.45, 7) is 2.65. The van der Waals surface area contributed by atoms with Crippen LogP contribution >= 0.6 is 0 Å². The molecule has 0 heterocycles. The van der Waals surface area contributed by atoms with E-state index in [-0.39, 0.29) is 13.2 Å². The molecule has 0 unspecified atom stereocenters. The van der Waals surface area contributed by atoms with Gasteiger partial charge in [-0.3, -0.25) is 0 Å². The normalized spacial score (nSPS) is 10.5. The highest BCUT2D eigenvalue weighted by Crippen LogP contribution is 2.26. The number of carbonyl (C=O) groups excluding carboxylic acids is 1. The Morgan fingerprint density at radius 2 is 1.21 bits per heavy atom. The summed E-state index contributed by atoms with van der Waals surface area (Å²) in [4.78, 5) is 11.8. The molecule has 0 fully saturated rings. The Kier molecular flexibility index (Phi) is 6.82. The molecular weight excluding hydrogens is 352 g/mol. The van der Waals surface area contributed by atoms with Crippen LogP contribution < -0.4 is 4.74 Å². The first kappa shape index (κ1) is 19.6. The second kappa shape index (κ2) is 9.72. The van der Waals surface area contributed by atoms with Gasteiger partial charge in [0.1, 0.15) is 12.4 Å². The fourth-order valence-electron chi connectivity index (χ4n) is 2.84.